The standard InChI is InChI=1S/C74H78N8O4.Co/c1-37-29-39(3)59(40(4)30-37)61-51-21-25-55(75-51)65(63-47(79-67(83)43-33-71(43,7)8)17-15-18-48(63)80-68(84)44-34-72(44,9)10)57-27-23-53(77-57)62(60-41(5)31-38(2)32-42(60)6)54-24-28-58(78-54)66(56-26-22-52(61)76-56)64-49(81-69(85)45-35-73(45,11)12)19-16-20-50(64)82-70(86)46-36-74(46,13)14;/h15-32,43-46H,33-36H2,1-14H3,(H6,75,76,77,78,79,80,81,82,83,84,85,86);/q;+2/p-2/t43-,44+,45-,46+;. The SMILES string of the molecule is Cc1cc(C)c(-c2c3nc(c(-c4c(NC(=O)[C@H]5CC5(C)C)cccc4NC(=O)[C@@H]4CC4(C)C)c4ccc([n-]4)c(-c4c(C)cc(C)cc4C)c4nc(c(-c5c(NC(=O)[C@H]6CC6(C)C)cccc5NC(=O)[C@@H]5CC5(C)C)c5ccc2[n-]5)C=C4)C=C3)c(C)c1.[Co+2]. The van der Waals surface area contributed by atoms with Gasteiger partial charge in [-0.1, -0.05) is 127 Å². The van der Waals surface area contributed by atoms with Crippen molar-refractivity contribution in [2.75, 3.05) is 21.3 Å². The van der Waals surface area contributed by atoms with Crippen LogP contribution in [0.25, 0.3) is 90.9 Å². The van der Waals surface area contributed by atoms with Gasteiger partial charge in [0.2, 0.25) is 23.6 Å². The van der Waals surface area contributed by atoms with Crippen molar-refractivity contribution in [3.05, 3.63) is 141 Å². The van der Waals surface area contributed by atoms with Gasteiger partial charge in [-0.25, -0.2) is 9.97 Å². The zero-order chi connectivity index (χ0) is 60.8. The first-order chi connectivity index (χ1) is 40.7. The summed E-state index contributed by atoms with van der Waals surface area (Å²) in [5.74, 6) is -1.08. The van der Waals surface area contributed by atoms with Gasteiger partial charge in [0, 0.05) is 34.8 Å². The van der Waals surface area contributed by atoms with E-state index in [1.54, 1.807) is 0 Å². The number of fused-ring (bicyclic) bond motifs is 8. The average Bonchev–Trinajstić information content (AvgIpc) is 1.75. The number of aryl methyl sites for hydroxylation is 6. The van der Waals surface area contributed by atoms with Crippen LogP contribution in [0.4, 0.5) is 22.7 Å². The van der Waals surface area contributed by atoms with Crippen molar-refractivity contribution in [3.8, 4) is 44.5 Å². The Hall–Kier alpha value is -8.13. The molecule has 0 saturated heterocycles. The first kappa shape index (κ1) is 59.2. The van der Waals surface area contributed by atoms with Crippen LogP contribution in [0.1, 0.15) is 137 Å². The third kappa shape index (κ3) is 10.8. The van der Waals surface area contributed by atoms with Crippen LogP contribution >= 0.6 is 0 Å². The number of hydrogen-bond acceptors (Lipinski definition) is 6. The molecule has 4 N–H and O–H groups in total. The van der Waals surface area contributed by atoms with Gasteiger partial charge in [0.1, 0.15) is 0 Å². The maximum atomic E-state index is 14.4. The molecule has 1 radical (unpaired) electrons. The Bertz CT molecular complexity index is 3960. The Kier molecular flexibility index (Phi) is 14.3. The summed E-state index contributed by atoms with van der Waals surface area (Å²) in [5.41, 5.74) is 18.8. The van der Waals surface area contributed by atoms with E-state index in [0.29, 0.717) is 89.8 Å². The van der Waals surface area contributed by atoms with Crippen molar-refractivity contribution in [2.45, 2.75) is 123 Å². The second-order valence-electron chi connectivity index (χ2n) is 28.3. The Morgan fingerprint density at radius 1 is 0.368 bits per heavy atom. The quantitative estimate of drug-likeness (QED) is 0.0936. The van der Waals surface area contributed by atoms with Gasteiger partial charge in [0.15, 0.2) is 0 Å². The first-order valence-corrected chi connectivity index (χ1v) is 30.4. The molecule has 13 rings (SSSR count). The molecule has 4 saturated carbocycles. The largest absolute Gasteiger partial charge is 2.00 e. The Morgan fingerprint density at radius 2 is 0.586 bits per heavy atom. The summed E-state index contributed by atoms with van der Waals surface area (Å²) < 4.78 is 0. The summed E-state index contributed by atoms with van der Waals surface area (Å²) >= 11 is 0. The monoisotopic (exact) mass is 1200 g/mol. The van der Waals surface area contributed by atoms with Crippen molar-refractivity contribution in [1.82, 2.24) is 19.9 Å². The molecule has 4 atom stereocenters. The minimum Gasteiger partial charge on any atom is -0.657 e. The van der Waals surface area contributed by atoms with Crippen molar-refractivity contribution in [1.29, 1.82) is 0 Å². The number of carbonyl (C=O) groups excluding carboxylic acids is 4. The molecular formula is C74H76CoN8O4. The van der Waals surface area contributed by atoms with Crippen LogP contribution in [0.2, 0.25) is 0 Å². The van der Waals surface area contributed by atoms with E-state index in [-0.39, 0.29) is 85.7 Å². The van der Waals surface area contributed by atoms with Crippen molar-refractivity contribution in [3.63, 3.8) is 0 Å². The number of carbonyl (C=O) groups is 4. The summed E-state index contributed by atoms with van der Waals surface area (Å²) in [6.07, 6.45) is 11.1. The van der Waals surface area contributed by atoms with E-state index in [1.807, 2.05) is 85.0 Å². The zero-order valence-electron chi connectivity index (χ0n) is 52.3. The van der Waals surface area contributed by atoms with E-state index >= 15 is 0 Å². The van der Waals surface area contributed by atoms with Gasteiger partial charge in [0.05, 0.1) is 45.5 Å². The second kappa shape index (κ2) is 21.0. The van der Waals surface area contributed by atoms with Gasteiger partial charge in [-0.3, -0.25) is 19.2 Å². The fraction of sp³-hybridized carbons (Fsp3) is 0.351. The molecule has 12 nitrogen and oxygen atoms in total. The summed E-state index contributed by atoms with van der Waals surface area (Å²) in [5, 5.41) is 13.4. The molecule has 4 fully saturated rings. The number of nitrogens with one attached hydrogen (secondary N) is 4. The second-order valence-corrected chi connectivity index (χ2v) is 28.3. The van der Waals surface area contributed by atoms with Gasteiger partial charge in [-0.2, -0.15) is 0 Å². The maximum absolute atomic E-state index is 14.4. The molecule has 6 aliphatic rings. The Morgan fingerprint density at radius 3 is 0.805 bits per heavy atom. The van der Waals surface area contributed by atoms with Gasteiger partial charge in [0.25, 0.3) is 0 Å². The van der Waals surface area contributed by atoms with Crippen LogP contribution < -0.4 is 31.2 Å². The molecular weight excluding hydrogens is 1120 g/mol. The number of amides is 4. The fourth-order valence-corrected chi connectivity index (χ4v) is 13.9. The normalized spacial score (nSPS) is 20.0. The summed E-state index contributed by atoms with van der Waals surface area (Å²) in [6, 6.07) is 28.2. The van der Waals surface area contributed by atoms with E-state index in [1.165, 1.54) is 0 Å². The van der Waals surface area contributed by atoms with Crippen LogP contribution in [-0.4, -0.2) is 33.6 Å². The minimum atomic E-state index is -0.184. The van der Waals surface area contributed by atoms with E-state index in [0.717, 1.165) is 81.3 Å². The molecule has 8 bridgehead atoms. The Balaban J connectivity index is 0.00000739. The molecule has 13 heteroatoms. The van der Waals surface area contributed by atoms with E-state index in [2.05, 4.69) is 142 Å². The molecule has 3 aromatic heterocycles. The summed E-state index contributed by atoms with van der Waals surface area (Å²) in [7, 11) is 0. The van der Waals surface area contributed by atoms with Crippen molar-refractivity contribution >= 4 is 92.7 Å². The molecule has 5 heterocycles. The average molecular weight is 1200 g/mol. The number of anilines is 4. The van der Waals surface area contributed by atoms with Crippen LogP contribution in [0.15, 0.2) is 84.9 Å². The molecule has 4 aromatic carbocycles. The van der Waals surface area contributed by atoms with E-state index < -0.39 is 0 Å². The molecule has 4 aliphatic carbocycles. The Labute approximate surface area is 520 Å². The summed E-state index contributed by atoms with van der Waals surface area (Å²) in [4.78, 5) is 80.3. The van der Waals surface area contributed by atoms with Crippen LogP contribution in [-0.2, 0) is 36.0 Å². The number of nitrogens with zero attached hydrogens (tertiary/aromatic N) is 4. The van der Waals surface area contributed by atoms with Gasteiger partial charge >= 0.3 is 16.8 Å². The third-order valence-electron chi connectivity index (χ3n) is 19.4. The van der Waals surface area contributed by atoms with E-state index in [4.69, 9.17) is 19.9 Å². The molecule has 0 unspecified atom stereocenters. The summed E-state index contributed by atoms with van der Waals surface area (Å²) in [6.45, 7) is 29.6. The predicted molar refractivity (Wildman–Crippen MR) is 349 cm³/mol. The number of hydrogen-bond donors (Lipinski definition) is 4. The fourth-order valence-electron chi connectivity index (χ4n) is 13.9. The van der Waals surface area contributed by atoms with E-state index in [9.17, 15) is 19.2 Å². The molecule has 4 amide bonds. The molecule has 2 aliphatic heterocycles. The van der Waals surface area contributed by atoms with Crippen LogP contribution in [0.5, 0.6) is 0 Å². The van der Waals surface area contributed by atoms with Crippen molar-refractivity contribution < 1.29 is 36.0 Å². The molecule has 7 aromatic rings. The van der Waals surface area contributed by atoms with Gasteiger partial charge in [-0.05, 0) is 193 Å². The van der Waals surface area contributed by atoms with Gasteiger partial charge in [-0.15, -0.1) is 22.1 Å². The number of rotatable bonds is 12. The number of aromatic nitrogens is 4. The van der Waals surface area contributed by atoms with Crippen LogP contribution in [0, 0.1) is 86.9 Å². The van der Waals surface area contributed by atoms with Crippen molar-refractivity contribution in [2.24, 2.45) is 45.3 Å². The third-order valence-corrected chi connectivity index (χ3v) is 19.4. The molecule has 87 heavy (non-hydrogen) atoms. The zero-order valence-corrected chi connectivity index (χ0v) is 53.3. The minimum absolute atomic E-state index is 0. The topological polar surface area (TPSA) is 170 Å². The van der Waals surface area contributed by atoms with Crippen LogP contribution in [0.3, 0.4) is 0 Å². The smallest absolute Gasteiger partial charge is 0.657 e. The first-order valence-electron chi connectivity index (χ1n) is 30.4. The number of benzene rings is 4. The van der Waals surface area contributed by atoms with Gasteiger partial charge < -0.3 is 31.2 Å². The molecule has 0 spiro atoms. The predicted octanol–water partition coefficient (Wildman–Crippen LogP) is 16.4. The molecule has 445 valence electrons. The maximum Gasteiger partial charge on any atom is 2.00 e.